The molecule has 0 spiro atoms. The van der Waals surface area contributed by atoms with Crippen LogP contribution in [0.5, 0.6) is 23.0 Å². The lowest BCUT2D eigenvalue weighted by Crippen LogP contribution is -2.33. The van der Waals surface area contributed by atoms with E-state index in [-0.39, 0.29) is 0 Å². The number of rotatable bonds is 4. The summed E-state index contributed by atoms with van der Waals surface area (Å²) in [7, 11) is 3.37. The normalized spacial score (nSPS) is 18.8. The summed E-state index contributed by atoms with van der Waals surface area (Å²) < 4.78 is 21.8. The number of benzene rings is 2. The Morgan fingerprint density at radius 2 is 1.80 bits per heavy atom. The van der Waals surface area contributed by atoms with Gasteiger partial charge in [0.15, 0.2) is 23.0 Å². The number of hydrogen-bond donors (Lipinski definition) is 0. The summed E-state index contributed by atoms with van der Waals surface area (Å²) in [5.74, 6) is 3.27. The highest BCUT2D eigenvalue weighted by Gasteiger charge is 2.26. The van der Waals surface area contributed by atoms with Crippen LogP contribution in [-0.2, 0) is 13.0 Å². The topological polar surface area (TPSA) is 40.2 Å². The molecular weight excluding hydrogens is 318 g/mol. The maximum Gasteiger partial charge on any atom is 0.231 e. The molecule has 0 saturated carbocycles. The first kappa shape index (κ1) is 16.1. The smallest absolute Gasteiger partial charge is 0.231 e. The summed E-state index contributed by atoms with van der Waals surface area (Å²) in [6, 6.07) is 10.7. The molecule has 25 heavy (non-hydrogen) atoms. The third-order valence-corrected chi connectivity index (χ3v) is 5.13. The van der Waals surface area contributed by atoms with E-state index in [0.717, 1.165) is 42.5 Å². The van der Waals surface area contributed by atoms with E-state index in [2.05, 4.69) is 36.1 Å². The van der Waals surface area contributed by atoms with E-state index in [1.165, 1.54) is 16.7 Å². The first-order valence-corrected chi connectivity index (χ1v) is 8.57. The van der Waals surface area contributed by atoms with Crippen LogP contribution in [0.25, 0.3) is 0 Å². The number of fused-ring (bicyclic) bond motifs is 2. The van der Waals surface area contributed by atoms with Gasteiger partial charge >= 0.3 is 0 Å². The Bertz CT molecular complexity index is 790. The van der Waals surface area contributed by atoms with Crippen LogP contribution in [0.4, 0.5) is 0 Å². The average Bonchev–Trinajstić information content (AvgIpc) is 3.11. The molecule has 0 aromatic heterocycles. The van der Waals surface area contributed by atoms with Gasteiger partial charge in [-0.1, -0.05) is 6.07 Å². The van der Waals surface area contributed by atoms with E-state index in [1.54, 1.807) is 14.2 Å². The zero-order chi connectivity index (χ0) is 17.4. The zero-order valence-electron chi connectivity index (χ0n) is 14.9. The van der Waals surface area contributed by atoms with Gasteiger partial charge in [-0.05, 0) is 54.3 Å². The summed E-state index contributed by atoms with van der Waals surface area (Å²) in [6.45, 7) is 4.45. The fourth-order valence-electron chi connectivity index (χ4n) is 3.69. The van der Waals surface area contributed by atoms with Crippen molar-refractivity contribution in [1.29, 1.82) is 0 Å². The van der Waals surface area contributed by atoms with E-state index < -0.39 is 0 Å². The van der Waals surface area contributed by atoms with Gasteiger partial charge in [-0.2, -0.15) is 0 Å². The molecular formula is C20H23NO4. The predicted octanol–water partition coefficient (Wildman–Crippen LogP) is 3.55. The van der Waals surface area contributed by atoms with Crippen molar-refractivity contribution >= 4 is 0 Å². The van der Waals surface area contributed by atoms with Crippen molar-refractivity contribution in [3.8, 4) is 23.0 Å². The van der Waals surface area contributed by atoms with E-state index in [0.29, 0.717) is 12.8 Å². The molecule has 1 atom stereocenters. The molecule has 2 aliphatic heterocycles. The Kier molecular flexibility index (Phi) is 4.17. The fourth-order valence-corrected chi connectivity index (χ4v) is 3.69. The molecule has 0 bridgehead atoms. The first-order chi connectivity index (χ1) is 12.2. The third-order valence-electron chi connectivity index (χ3n) is 5.13. The minimum absolute atomic E-state index is 0.313. The van der Waals surface area contributed by atoms with E-state index in [9.17, 15) is 0 Å². The molecule has 2 aliphatic rings. The quantitative estimate of drug-likeness (QED) is 0.850. The third kappa shape index (κ3) is 2.89. The molecule has 5 nitrogen and oxygen atoms in total. The Labute approximate surface area is 148 Å². The molecule has 132 valence electrons. The van der Waals surface area contributed by atoms with Crippen molar-refractivity contribution in [3.05, 3.63) is 47.0 Å². The van der Waals surface area contributed by atoms with Crippen molar-refractivity contribution in [1.82, 2.24) is 4.90 Å². The van der Waals surface area contributed by atoms with Crippen molar-refractivity contribution < 1.29 is 18.9 Å². The van der Waals surface area contributed by atoms with Crippen LogP contribution in [-0.4, -0.2) is 32.5 Å². The Morgan fingerprint density at radius 1 is 1.04 bits per heavy atom. The lowest BCUT2D eigenvalue weighted by atomic mass is 9.92. The second kappa shape index (κ2) is 6.48. The summed E-state index contributed by atoms with van der Waals surface area (Å²) in [5, 5.41) is 0. The standard InChI is InChI=1S/C20H23NO4/c1-13-16-10-19(23-3)18(22-2)9-15(16)6-7-21(13)11-14-4-5-17-20(8-14)25-12-24-17/h4-5,8-10,13H,6-7,11-12H2,1-3H3/t13-/m1/s1. The van der Waals surface area contributed by atoms with Gasteiger partial charge in [-0.3, -0.25) is 4.90 Å². The zero-order valence-corrected chi connectivity index (χ0v) is 14.9. The molecule has 0 radical (unpaired) electrons. The molecule has 0 unspecified atom stereocenters. The Hall–Kier alpha value is -2.40. The predicted molar refractivity (Wildman–Crippen MR) is 94.6 cm³/mol. The lowest BCUT2D eigenvalue weighted by molar-refractivity contribution is 0.173. The molecule has 0 aliphatic carbocycles. The molecule has 5 heteroatoms. The second-order valence-electron chi connectivity index (χ2n) is 6.49. The Morgan fingerprint density at radius 3 is 2.60 bits per heavy atom. The van der Waals surface area contributed by atoms with Crippen molar-refractivity contribution in [2.24, 2.45) is 0 Å². The van der Waals surface area contributed by atoms with Crippen LogP contribution < -0.4 is 18.9 Å². The molecule has 0 amide bonds. The van der Waals surface area contributed by atoms with Crippen molar-refractivity contribution in [3.63, 3.8) is 0 Å². The van der Waals surface area contributed by atoms with Gasteiger partial charge in [-0.15, -0.1) is 0 Å². The maximum absolute atomic E-state index is 5.50. The van der Waals surface area contributed by atoms with Gasteiger partial charge in [-0.25, -0.2) is 0 Å². The van der Waals surface area contributed by atoms with Gasteiger partial charge in [0.25, 0.3) is 0 Å². The van der Waals surface area contributed by atoms with Crippen LogP contribution in [0.2, 0.25) is 0 Å². The lowest BCUT2D eigenvalue weighted by Gasteiger charge is -2.35. The largest absolute Gasteiger partial charge is 0.493 e. The van der Waals surface area contributed by atoms with E-state index in [4.69, 9.17) is 18.9 Å². The number of methoxy groups -OCH3 is 2. The summed E-state index contributed by atoms with van der Waals surface area (Å²) in [4.78, 5) is 2.48. The molecule has 0 saturated heterocycles. The molecule has 4 rings (SSSR count). The number of ether oxygens (including phenoxy) is 4. The SMILES string of the molecule is COc1cc2c(cc1OC)[C@@H](C)N(Cc1ccc3c(c1)OCO3)CC2. The second-order valence-corrected chi connectivity index (χ2v) is 6.49. The number of nitrogens with zero attached hydrogens (tertiary/aromatic N) is 1. The van der Waals surface area contributed by atoms with Crippen LogP contribution in [0.15, 0.2) is 30.3 Å². The van der Waals surface area contributed by atoms with Crippen LogP contribution >= 0.6 is 0 Å². The highest BCUT2D eigenvalue weighted by molar-refractivity contribution is 5.49. The van der Waals surface area contributed by atoms with Gasteiger partial charge in [0, 0.05) is 19.1 Å². The van der Waals surface area contributed by atoms with Crippen molar-refractivity contribution in [2.75, 3.05) is 27.6 Å². The van der Waals surface area contributed by atoms with Gasteiger partial charge in [0.05, 0.1) is 14.2 Å². The average molecular weight is 341 g/mol. The maximum atomic E-state index is 5.50. The minimum Gasteiger partial charge on any atom is -0.493 e. The monoisotopic (exact) mass is 341 g/mol. The van der Waals surface area contributed by atoms with E-state index in [1.807, 2.05) is 6.07 Å². The van der Waals surface area contributed by atoms with Gasteiger partial charge in [0.2, 0.25) is 6.79 Å². The summed E-state index contributed by atoms with van der Waals surface area (Å²) >= 11 is 0. The first-order valence-electron chi connectivity index (χ1n) is 8.57. The fraction of sp³-hybridized carbons (Fsp3) is 0.400. The molecule has 2 aromatic rings. The van der Waals surface area contributed by atoms with Crippen molar-refractivity contribution in [2.45, 2.75) is 25.9 Å². The van der Waals surface area contributed by atoms with Gasteiger partial charge in [0.1, 0.15) is 0 Å². The molecule has 2 heterocycles. The van der Waals surface area contributed by atoms with E-state index >= 15 is 0 Å². The Balaban J connectivity index is 1.57. The van der Waals surface area contributed by atoms with Crippen LogP contribution in [0.1, 0.15) is 29.7 Å². The summed E-state index contributed by atoms with van der Waals surface area (Å²) in [5.41, 5.74) is 3.89. The van der Waals surface area contributed by atoms with Gasteiger partial charge < -0.3 is 18.9 Å². The molecule has 0 fully saturated rings. The van der Waals surface area contributed by atoms with Crippen LogP contribution in [0.3, 0.4) is 0 Å². The molecule has 2 aromatic carbocycles. The highest BCUT2D eigenvalue weighted by atomic mass is 16.7. The minimum atomic E-state index is 0.313. The molecule has 0 N–H and O–H groups in total. The van der Waals surface area contributed by atoms with Crippen LogP contribution in [0, 0.1) is 0 Å². The summed E-state index contributed by atoms with van der Waals surface area (Å²) in [6.07, 6.45) is 1.00. The number of hydrogen-bond acceptors (Lipinski definition) is 5. The highest BCUT2D eigenvalue weighted by Crippen LogP contribution is 2.39.